The van der Waals surface area contributed by atoms with Gasteiger partial charge in [-0.25, -0.2) is 0 Å². The average Bonchev–Trinajstić information content (AvgIpc) is 3.22. The van der Waals surface area contributed by atoms with Crippen LogP contribution in [0.3, 0.4) is 0 Å². The van der Waals surface area contributed by atoms with E-state index in [0.717, 1.165) is 17.7 Å². The maximum Gasteiger partial charge on any atom is 0.416 e. The molecule has 5 N–H and O–H groups in total. The normalized spacial score (nSPS) is 25.2. The van der Waals surface area contributed by atoms with Gasteiger partial charge in [-0.15, -0.1) is 0 Å². The molecule has 4 rings (SSSR count). The summed E-state index contributed by atoms with van der Waals surface area (Å²) in [6.07, 6.45) is -11.0. The SMILES string of the molecule is Cc1cc(OO[C@@H]2[C@@H](O)[C@H](O)[C@@H](CO)O[C@H]2O)c2c(CCc3ccc(C(F)(F)F)cc3)n[nH]c2c1. The van der Waals surface area contributed by atoms with Crippen molar-refractivity contribution in [2.75, 3.05) is 6.61 Å². The fraction of sp³-hybridized carbons (Fsp3) is 0.435. The van der Waals surface area contributed by atoms with E-state index in [-0.39, 0.29) is 5.75 Å². The summed E-state index contributed by atoms with van der Waals surface area (Å²) in [6, 6.07) is 8.36. The number of fused-ring (bicyclic) bond motifs is 1. The van der Waals surface area contributed by atoms with E-state index in [1.54, 1.807) is 13.0 Å². The summed E-state index contributed by atoms with van der Waals surface area (Å²) >= 11 is 0. The van der Waals surface area contributed by atoms with Crippen molar-refractivity contribution in [2.24, 2.45) is 0 Å². The van der Waals surface area contributed by atoms with Gasteiger partial charge in [0, 0.05) is 0 Å². The van der Waals surface area contributed by atoms with Crippen molar-refractivity contribution in [3.8, 4) is 5.75 Å². The van der Waals surface area contributed by atoms with Crippen LogP contribution in [0.1, 0.15) is 22.4 Å². The van der Waals surface area contributed by atoms with E-state index in [1.807, 2.05) is 6.07 Å². The Bertz CT molecular complexity index is 1150. The second-order valence-corrected chi connectivity index (χ2v) is 8.42. The number of aliphatic hydroxyl groups excluding tert-OH is 4. The van der Waals surface area contributed by atoms with Crippen LogP contribution in [0, 0.1) is 6.92 Å². The zero-order valence-electron chi connectivity index (χ0n) is 18.6. The predicted molar refractivity (Wildman–Crippen MR) is 115 cm³/mol. The molecule has 1 aliphatic heterocycles. The number of aromatic nitrogens is 2. The molecule has 1 aliphatic rings. The number of hydrogen-bond acceptors (Lipinski definition) is 8. The number of rotatable bonds is 7. The second-order valence-electron chi connectivity index (χ2n) is 8.42. The Labute approximate surface area is 197 Å². The number of alkyl halides is 3. The fourth-order valence-corrected chi connectivity index (χ4v) is 3.98. The van der Waals surface area contributed by atoms with E-state index >= 15 is 0 Å². The summed E-state index contributed by atoms with van der Waals surface area (Å²) < 4.78 is 43.4. The molecule has 1 saturated heterocycles. The maximum absolute atomic E-state index is 12.8. The van der Waals surface area contributed by atoms with Gasteiger partial charge in [-0.3, -0.25) is 5.10 Å². The number of benzene rings is 2. The zero-order valence-corrected chi connectivity index (χ0v) is 18.6. The molecular formula is C23H25F3N2O7. The minimum absolute atomic E-state index is 0.217. The molecule has 0 unspecified atom stereocenters. The van der Waals surface area contributed by atoms with Gasteiger partial charge in [-0.05, 0) is 55.2 Å². The van der Waals surface area contributed by atoms with Crippen molar-refractivity contribution in [3.05, 3.63) is 58.8 Å². The number of aryl methyl sites for hydroxylation is 3. The van der Waals surface area contributed by atoms with E-state index in [0.29, 0.717) is 35.0 Å². The molecule has 12 heteroatoms. The fourth-order valence-electron chi connectivity index (χ4n) is 3.98. The van der Waals surface area contributed by atoms with Crippen molar-refractivity contribution < 1.29 is 48.1 Å². The quantitative estimate of drug-likeness (QED) is 0.246. The van der Waals surface area contributed by atoms with Crippen LogP contribution in [0.15, 0.2) is 36.4 Å². The molecule has 9 nitrogen and oxygen atoms in total. The molecule has 0 bridgehead atoms. The number of H-pyrrole nitrogens is 1. The number of halogens is 3. The van der Waals surface area contributed by atoms with Crippen LogP contribution in [0.4, 0.5) is 13.2 Å². The van der Waals surface area contributed by atoms with Crippen molar-refractivity contribution >= 4 is 10.9 Å². The molecule has 0 aliphatic carbocycles. The highest BCUT2D eigenvalue weighted by Gasteiger charge is 2.45. The lowest BCUT2D eigenvalue weighted by Crippen LogP contribution is -2.59. The topological polar surface area (TPSA) is 137 Å². The molecule has 1 aromatic heterocycles. The van der Waals surface area contributed by atoms with Crippen molar-refractivity contribution in [2.45, 2.75) is 56.6 Å². The molecule has 190 valence electrons. The first kappa shape index (κ1) is 25.4. The van der Waals surface area contributed by atoms with Crippen LogP contribution in [0.5, 0.6) is 5.75 Å². The van der Waals surface area contributed by atoms with Crippen LogP contribution in [-0.2, 0) is 28.6 Å². The monoisotopic (exact) mass is 498 g/mol. The van der Waals surface area contributed by atoms with Gasteiger partial charge >= 0.3 is 6.18 Å². The van der Waals surface area contributed by atoms with Crippen LogP contribution in [-0.4, -0.2) is 67.9 Å². The van der Waals surface area contributed by atoms with E-state index in [9.17, 15) is 33.6 Å². The van der Waals surface area contributed by atoms with E-state index in [1.165, 1.54) is 12.1 Å². The van der Waals surface area contributed by atoms with Gasteiger partial charge in [0.25, 0.3) is 0 Å². The molecule has 35 heavy (non-hydrogen) atoms. The average molecular weight is 498 g/mol. The number of nitrogens with one attached hydrogen (secondary N) is 1. The Morgan fingerprint density at radius 3 is 2.43 bits per heavy atom. The molecule has 3 aromatic rings. The summed E-state index contributed by atoms with van der Waals surface area (Å²) in [6.45, 7) is 1.19. The van der Waals surface area contributed by atoms with Gasteiger partial charge in [-0.2, -0.15) is 23.2 Å². The van der Waals surface area contributed by atoms with Gasteiger partial charge in [0.05, 0.1) is 28.8 Å². The Morgan fingerprint density at radius 1 is 1.06 bits per heavy atom. The van der Waals surface area contributed by atoms with E-state index in [2.05, 4.69) is 10.2 Å². The first-order valence-corrected chi connectivity index (χ1v) is 10.9. The molecular weight excluding hydrogens is 473 g/mol. The third kappa shape index (κ3) is 5.42. The zero-order chi connectivity index (χ0) is 25.3. The Hall–Kier alpha value is -2.74. The highest BCUT2D eigenvalue weighted by molar-refractivity contribution is 5.88. The Morgan fingerprint density at radius 2 is 1.77 bits per heavy atom. The van der Waals surface area contributed by atoms with Crippen molar-refractivity contribution in [1.82, 2.24) is 10.2 Å². The minimum atomic E-state index is -4.40. The van der Waals surface area contributed by atoms with Crippen molar-refractivity contribution in [1.29, 1.82) is 0 Å². The van der Waals surface area contributed by atoms with Gasteiger partial charge in [0.1, 0.15) is 18.3 Å². The Kier molecular flexibility index (Phi) is 7.31. The molecule has 1 fully saturated rings. The van der Waals surface area contributed by atoms with Gasteiger partial charge < -0.3 is 30.1 Å². The van der Waals surface area contributed by atoms with E-state index in [4.69, 9.17) is 14.5 Å². The summed E-state index contributed by atoms with van der Waals surface area (Å²) in [5.74, 6) is 0.217. The largest absolute Gasteiger partial charge is 0.416 e. The van der Waals surface area contributed by atoms with Gasteiger partial charge in [0.2, 0.25) is 0 Å². The highest BCUT2D eigenvalue weighted by Crippen LogP contribution is 2.32. The lowest BCUT2D eigenvalue weighted by Gasteiger charge is -2.38. The highest BCUT2D eigenvalue weighted by atomic mass is 19.4. The molecule has 0 saturated carbocycles. The molecule has 0 radical (unpaired) electrons. The number of aromatic amines is 1. The maximum atomic E-state index is 12.8. The van der Waals surface area contributed by atoms with Gasteiger partial charge in [-0.1, -0.05) is 12.1 Å². The van der Waals surface area contributed by atoms with Crippen LogP contribution in [0.25, 0.3) is 10.9 Å². The summed E-state index contributed by atoms with van der Waals surface area (Å²) in [5.41, 5.74) is 1.95. The molecule has 5 atom stereocenters. The third-order valence-electron chi connectivity index (χ3n) is 5.87. The smallest absolute Gasteiger partial charge is 0.394 e. The lowest BCUT2D eigenvalue weighted by atomic mass is 9.99. The summed E-state index contributed by atoms with van der Waals surface area (Å²) in [5, 5.41) is 47.3. The first-order chi connectivity index (χ1) is 16.6. The van der Waals surface area contributed by atoms with Crippen LogP contribution < -0.4 is 4.89 Å². The first-order valence-electron chi connectivity index (χ1n) is 10.9. The van der Waals surface area contributed by atoms with Crippen LogP contribution >= 0.6 is 0 Å². The summed E-state index contributed by atoms with van der Waals surface area (Å²) in [7, 11) is 0. The number of ether oxygens (including phenoxy) is 1. The van der Waals surface area contributed by atoms with E-state index < -0.39 is 49.1 Å². The molecule has 0 spiro atoms. The lowest BCUT2D eigenvalue weighted by molar-refractivity contribution is -0.364. The number of nitrogens with zero attached hydrogens (tertiary/aromatic N) is 1. The van der Waals surface area contributed by atoms with Gasteiger partial charge in [0.15, 0.2) is 18.1 Å². The van der Waals surface area contributed by atoms with Crippen molar-refractivity contribution in [3.63, 3.8) is 0 Å². The second kappa shape index (κ2) is 10.1. The minimum Gasteiger partial charge on any atom is -0.394 e. The molecule has 0 amide bonds. The number of hydrogen-bond donors (Lipinski definition) is 5. The molecule has 2 heterocycles. The standard InChI is InChI=1S/C23H25F3N2O7/c1-11-8-15-18(14(27-28-15)7-4-12-2-5-13(6-3-12)23(24,25)26)16(9-11)34-35-21-20(31)19(30)17(10-29)33-22(21)32/h2-3,5-6,8-9,17,19-22,29-32H,4,7,10H2,1H3,(H,27,28)/t17-,19-,20+,21-,22-/m1/s1. The summed E-state index contributed by atoms with van der Waals surface area (Å²) in [4.78, 5) is 10.7. The predicted octanol–water partition coefficient (Wildman–Crippen LogP) is 1.79. The molecule has 2 aromatic carbocycles. The third-order valence-corrected chi connectivity index (χ3v) is 5.87. The Balaban J connectivity index is 1.51. The number of aliphatic hydroxyl groups is 4. The van der Waals surface area contributed by atoms with Crippen LogP contribution in [0.2, 0.25) is 0 Å².